The molecule has 4 heteroatoms. The molecular formula is C48H31N3O. The van der Waals surface area contributed by atoms with Crippen molar-refractivity contribution in [1.82, 2.24) is 15.0 Å². The summed E-state index contributed by atoms with van der Waals surface area (Å²) in [5, 5.41) is 4.52. The Bertz CT molecular complexity index is 2870. The van der Waals surface area contributed by atoms with Gasteiger partial charge in [0.1, 0.15) is 11.2 Å². The smallest absolute Gasteiger partial charge is 0.164 e. The van der Waals surface area contributed by atoms with Gasteiger partial charge in [0.25, 0.3) is 0 Å². The van der Waals surface area contributed by atoms with E-state index in [9.17, 15) is 0 Å². The first kappa shape index (κ1) is 30.0. The summed E-state index contributed by atoms with van der Waals surface area (Å²) in [6.07, 6.45) is 7.58. The van der Waals surface area contributed by atoms with E-state index in [1.54, 1.807) is 0 Å². The number of fused-ring (bicyclic) bond motifs is 5. The van der Waals surface area contributed by atoms with Crippen molar-refractivity contribution in [2.75, 3.05) is 0 Å². The first-order valence-electron chi connectivity index (χ1n) is 17.6. The second-order valence-electron chi connectivity index (χ2n) is 13.1. The lowest BCUT2D eigenvalue weighted by Gasteiger charge is -2.15. The molecular weight excluding hydrogens is 635 g/mol. The van der Waals surface area contributed by atoms with Crippen molar-refractivity contribution in [3.8, 4) is 45.3 Å². The van der Waals surface area contributed by atoms with Gasteiger partial charge in [-0.1, -0.05) is 146 Å². The zero-order chi connectivity index (χ0) is 34.4. The topological polar surface area (TPSA) is 51.8 Å². The molecule has 4 nitrogen and oxygen atoms in total. The van der Waals surface area contributed by atoms with E-state index in [1.807, 2.05) is 30.3 Å². The minimum Gasteiger partial charge on any atom is -0.456 e. The number of nitrogens with zero attached hydrogens (tertiary/aromatic N) is 3. The van der Waals surface area contributed by atoms with Crippen LogP contribution in [0.25, 0.3) is 89.7 Å². The minimum absolute atomic E-state index is 0.640. The number of benzene rings is 7. The second kappa shape index (κ2) is 12.4. The van der Waals surface area contributed by atoms with Gasteiger partial charge in [-0.15, -0.1) is 0 Å². The van der Waals surface area contributed by atoms with E-state index < -0.39 is 0 Å². The van der Waals surface area contributed by atoms with Crippen molar-refractivity contribution in [2.24, 2.45) is 0 Å². The summed E-state index contributed by atoms with van der Waals surface area (Å²) < 4.78 is 6.08. The highest BCUT2D eigenvalue weighted by atomic mass is 16.3. The maximum absolute atomic E-state index is 6.08. The molecule has 1 aliphatic carbocycles. The van der Waals surface area contributed by atoms with E-state index in [1.165, 1.54) is 16.7 Å². The third-order valence-corrected chi connectivity index (χ3v) is 9.94. The number of aromatic nitrogens is 3. The van der Waals surface area contributed by atoms with Gasteiger partial charge in [0.2, 0.25) is 0 Å². The Morgan fingerprint density at radius 3 is 1.87 bits per heavy atom. The highest BCUT2D eigenvalue weighted by Gasteiger charge is 2.19. The fourth-order valence-electron chi connectivity index (χ4n) is 7.36. The normalized spacial score (nSPS) is 12.6. The molecule has 7 aromatic carbocycles. The Kier molecular flexibility index (Phi) is 7.17. The number of allylic oxidation sites excluding steroid dienone is 2. The molecule has 52 heavy (non-hydrogen) atoms. The maximum Gasteiger partial charge on any atom is 0.164 e. The summed E-state index contributed by atoms with van der Waals surface area (Å²) in [6, 6.07) is 54.9. The van der Waals surface area contributed by atoms with E-state index in [0.717, 1.165) is 72.5 Å². The Hall–Kier alpha value is -6.91. The quantitative estimate of drug-likeness (QED) is 0.184. The van der Waals surface area contributed by atoms with Crippen molar-refractivity contribution in [3.05, 3.63) is 187 Å². The minimum atomic E-state index is 0.640. The molecule has 244 valence electrons. The summed E-state index contributed by atoms with van der Waals surface area (Å²) in [5.74, 6) is 1.94. The first-order chi connectivity index (χ1) is 25.7. The fourth-order valence-corrected chi connectivity index (χ4v) is 7.36. The summed E-state index contributed by atoms with van der Waals surface area (Å²) in [4.78, 5) is 15.3. The van der Waals surface area contributed by atoms with Crippen LogP contribution in [-0.4, -0.2) is 15.0 Å². The summed E-state index contributed by atoms with van der Waals surface area (Å²) in [6.45, 7) is 0. The molecule has 0 saturated heterocycles. The monoisotopic (exact) mass is 665 g/mol. The SMILES string of the molecule is C1=Cc2c(cccc2-c2nc(-c3ccccc3)nc(-c3ccc4cc(-c5ccc6oc7ccccc7c6c5)ccc4c3)n2)C(c2ccccc2)=CC1. The van der Waals surface area contributed by atoms with Crippen LogP contribution in [0, 0.1) is 0 Å². The number of furan rings is 1. The molecule has 0 N–H and O–H groups in total. The van der Waals surface area contributed by atoms with Gasteiger partial charge in [-0.3, -0.25) is 0 Å². The Morgan fingerprint density at radius 2 is 1.04 bits per heavy atom. The molecule has 0 unspecified atom stereocenters. The van der Waals surface area contributed by atoms with Crippen LogP contribution < -0.4 is 0 Å². The van der Waals surface area contributed by atoms with Crippen LogP contribution in [-0.2, 0) is 0 Å². The van der Waals surface area contributed by atoms with E-state index in [0.29, 0.717) is 17.5 Å². The molecule has 1 aliphatic rings. The van der Waals surface area contributed by atoms with Gasteiger partial charge in [-0.05, 0) is 80.9 Å². The van der Waals surface area contributed by atoms with Crippen molar-refractivity contribution in [1.29, 1.82) is 0 Å². The molecule has 0 bridgehead atoms. The summed E-state index contributed by atoms with van der Waals surface area (Å²) in [5.41, 5.74) is 11.7. The Labute approximate surface area is 301 Å². The molecule has 0 amide bonds. The summed E-state index contributed by atoms with van der Waals surface area (Å²) in [7, 11) is 0. The van der Waals surface area contributed by atoms with E-state index >= 15 is 0 Å². The molecule has 0 spiro atoms. The molecule has 0 fully saturated rings. The Morgan fingerprint density at radius 1 is 0.423 bits per heavy atom. The zero-order valence-corrected chi connectivity index (χ0v) is 28.2. The highest BCUT2D eigenvalue weighted by Crippen LogP contribution is 2.37. The van der Waals surface area contributed by atoms with E-state index in [-0.39, 0.29) is 0 Å². The Balaban J connectivity index is 1.08. The predicted molar refractivity (Wildman–Crippen MR) is 214 cm³/mol. The number of para-hydroxylation sites is 1. The molecule has 2 aromatic heterocycles. The summed E-state index contributed by atoms with van der Waals surface area (Å²) >= 11 is 0. The van der Waals surface area contributed by atoms with Crippen LogP contribution in [0.4, 0.5) is 0 Å². The van der Waals surface area contributed by atoms with E-state index in [2.05, 4.69) is 146 Å². The number of rotatable bonds is 5. The van der Waals surface area contributed by atoms with Crippen LogP contribution >= 0.6 is 0 Å². The third kappa shape index (κ3) is 5.29. The van der Waals surface area contributed by atoms with Crippen molar-refractivity contribution >= 4 is 44.4 Å². The standard InChI is InChI=1S/C48H31N3O/c1-3-12-31(13-4-1)38-16-7-8-17-40-39(38)19-11-20-42(40)48-50-46(32-14-5-2-6-15-32)49-47(51-48)37-25-24-33-28-34(22-23-35(33)29-37)36-26-27-45-43(30-36)41-18-9-10-21-44(41)52-45/h1-6,8-30H,7H2. The third-order valence-electron chi connectivity index (χ3n) is 9.94. The van der Waals surface area contributed by atoms with Crippen LogP contribution in [0.5, 0.6) is 0 Å². The number of hydrogen-bond acceptors (Lipinski definition) is 4. The van der Waals surface area contributed by atoms with Crippen molar-refractivity contribution in [2.45, 2.75) is 6.42 Å². The van der Waals surface area contributed by atoms with Crippen molar-refractivity contribution < 1.29 is 4.42 Å². The lowest BCUT2D eigenvalue weighted by atomic mass is 9.91. The first-order valence-corrected chi connectivity index (χ1v) is 17.6. The van der Waals surface area contributed by atoms with Gasteiger partial charge in [-0.25, -0.2) is 15.0 Å². The second-order valence-corrected chi connectivity index (χ2v) is 13.1. The van der Waals surface area contributed by atoms with E-state index in [4.69, 9.17) is 19.4 Å². The molecule has 10 rings (SSSR count). The number of hydrogen-bond donors (Lipinski definition) is 0. The average molecular weight is 666 g/mol. The largest absolute Gasteiger partial charge is 0.456 e. The molecule has 0 radical (unpaired) electrons. The van der Waals surface area contributed by atoms with Crippen LogP contribution in [0.15, 0.2) is 174 Å². The lowest BCUT2D eigenvalue weighted by molar-refractivity contribution is 0.669. The highest BCUT2D eigenvalue weighted by molar-refractivity contribution is 6.06. The fraction of sp³-hybridized carbons (Fsp3) is 0.0208. The van der Waals surface area contributed by atoms with Crippen LogP contribution in [0.3, 0.4) is 0 Å². The molecule has 2 heterocycles. The van der Waals surface area contributed by atoms with Gasteiger partial charge in [0.05, 0.1) is 0 Å². The zero-order valence-electron chi connectivity index (χ0n) is 28.2. The lowest BCUT2D eigenvalue weighted by Crippen LogP contribution is -2.02. The molecule has 0 aliphatic heterocycles. The van der Waals surface area contributed by atoms with Crippen LogP contribution in [0.2, 0.25) is 0 Å². The van der Waals surface area contributed by atoms with Gasteiger partial charge >= 0.3 is 0 Å². The van der Waals surface area contributed by atoms with Gasteiger partial charge < -0.3 is 4.42 Å². The predicted octanol–water partition coefficient (Wildman–Crippen LogP) is 12.4. The van der Waals surface area contributed by atoms with Gasteiger partial charge in [0, 0.05) is 27.5 Å². The molecule has 9 aromatic rings. The molecule has 0 saturated carbocycles. The van der Waals surface area contributed by atoms with Gasteiger partial charge in [-0.2, -0.15) is 0 Å². The molecule has 0 atom stereocenters. The van der Waals surface area contributed by atoms with Gasteiger partial charge in [0.15, 0.2) is 17.5 Å². The van der Waals surface area contributed by atoms with Crippen molar-refractivity contribution in [3.63, 3.8) is 0 Å². The van der Waals surface area contributed by atoms with Crippen LogP contribution in [0.1, 0.15) is 23.1 Å². The average Bonchev–Trinajstić information content (AvgIpc) is 3.44. The maximum atomic E-state index is 6.08.